The average Bonchev–Trinajstić information content (AvgIpc) is 3.55. The molecule has 6 rings (SSSR count). The Bertz CT molecular complexity index is 1300. The van der Waals surface area contributed by atoms with Crippen molar-refractivity contribution < 1.29 is 9.63 Å². The molecule has 3 N–H and O–H groups in total. The third-order valence-electron chi connectivity index (χ3n) is 7.48. The number of nitrogens with zero attached hydrogens (tertiary/aromatic N) is 5. The van der Waals surface area contributed by atoms with Crippen molar-refractivity contribution in [2.45, 2.75) is 43.6 Å². The van der Waals surface area contributed by atoms with Crippen LogP contribution in [0.15, 0.2) is 65.4 Å². The summed E-state index contributed by atoms with van der Waals surface area (Å²) in [7, 11) is 0. The van der Waals surface area contributed by atoms with Crippen molar-refractivity contribution in [1.29, 1.82) is 0 Å². The van der Waals surface area contributed by atoms with Gasteiger partial charge >= 0.3 is 0 Å². The van der Waals surface area contributed by atoms with Crippen molar-refractivity contribution in [2.24, 2.45) is 0 Å². The fourth-order valence-corrected chi connectivity index (χ4v) is 5.26. The third-order valence-corrected chi connectivity index (χ3v) is 7.48. The Morgan fingerprint density at radius 3 is 2.34 bits per heavy atom. The summed E-state index contributed by atoms with van der Waals surface area (Å²) in [6.07, 6.45) is 8.50. The summed E-state index contributed by atoms with van der Waals surface area (Å²) in [6.45, 7) is 1.00. The van der Waals surface area contributed by atoms with Gasteiger partial charge in [0.25, 0.3) is 5.89 Å². The highest BCUT2D eigenvalue weighted by atomic mass is 16.5. The van der Waals surface area contributed by atoms with Gasteiger partial charge in [-0.1, -0.05) is 48.0 Å². The molecular weight excluding hydrogens is 440 g/mol. The first-order valence-corrected chi connectivity index (χ1v) is 12.2. The van der Waals surface area contributed by atoms with Gasteiger partial charge in [0, 0.05) is 12.2 Å². The maximum atomic E-state index is 9.59. The van der Waals surface area contributed by atoms with Crippen LogP contribution in [0, 0.1) is 0 Å². The van der Waals surface area contributed by atoms with Crippen LogP contribution in [0.25, 0.3) is 22.7 Å². The summed E-state index contributed by atoms with van der Waals surface area (Å²) >= 11 is 0. The quantitative estimate of drug-likeness (QED) is 0.405. The molecule has 1 aliphatic carbocycles. The van der Waals surface area contributed by atoms with E-state index in [-0.39, 0.29) is 18.1 Å². The topological polar surface area (TPSA) is 114 Å². The number of benzene rings is 2. The van der Waals surface area contributed by atoms with Crippen LogP contribution in [0.1, 0.15) is 43.5 Å². The predicted molar refractivity (Wildman–Crippen MR) is 134 cm³/mol. The van der Waals surface area contributed by atoms with Crippen LogP contribution in [0.5, 0.6) is 0 Å². The number of nitrogens with two attached hydrogens (primary N) is 1. The van der Waals surface area contributed by atoms with E-state index in [1.54, 1.807) is 12.4 Å². The number of aromatic nitrogens is 4. The molecule has 4 aromatic rings. The molecule has 1 saturated carbocycles. The maximum absolute atomic E-state index is 9.59. The summed E-state index contributed by atoms with van der Waals surface area (Å²) < 4.78 is 5.64. The molecular formula is C27H28N6O2. The van der Waals surface area contributed by atoms with Gasteiger partial charge in [0.05, 0.1) is 30.5 Å². The zero-order valence-electron chi connectivity index (χ0n) is 19.5. The van der Waals surface area contributed by atoms with Crippen molar-refractivity contribution in [2.75, 3.05) is 23.8 Å². The highest BCUT2D eigenvalue weighted by Crippen LogP contribution is 2.48. The van der Waals surface area contributed by atoms with Crippen molar-refractivity contribution >= 4 is 11.5 Å². The molecule has 1 atom stereocenters. The van der Waals surface area contributed by atoms with Gasteiger partial charge < -0.3 is 20.3 Å². The molecule has 8 nitrogen and oxygen atoms in total. The Labute approximate surface area is 203 Å². The molecule has 0 radical (unpaired) electrons. The number of nitrogen functional groups attached to an aromatic ring is 1. The molecule has 1 saturated heterocycles. The lowest BCUT2D eigenvalue weighted by molar-refractivity contribution is 0.266. The van der Waals surface area contributed by atoms with Gasteiger partial charge in [-0.15, -0.1) is 0 Å². The third kappa shape index (κ3) is 3.83. The van der Waals surface area contributed by atoms with Crippen LogP contribution in [0.4, 0.5) is 11.5 Å². The van der Waals surface area contributed by atoms with E-state index in [1.165, 1.54) is 5.56 Å². The standard InChI is InChI=1S/C27H28N6O2/c28-21-10-6-19(7-11-21)18-4-8-20(9-5-18)27(12-2-13-27)26-31-25(35-32-26)23-15-30-24(16-29-23)33-14-1-3-22(33)17-34/h4-11,15-16,22,34H,1-3,12-14,17,28H2/t22-/m0/s1. The lowest BCUT2D eigenvalue weighted by Gasteiger charge is -2.39. The SMILES string of the molecule is Nc1ccc(-c2ccc(C3(c4noc(-c5cnc(N6CCC[C@H]6CO)cn5)n4)CCC3)cc2)cc1. The van der Waals surface area contributed by atoms with Gasteiger partial charge in [-0.25, -0.2) is 9.97 Å². The minimum absolute atomic E-state index is 0.107. The van der Waals surface area contributed by atoms with Crippen LogP contribution < -0.4 is 10.6 Å². The first kappa shape index (κ1) is 21.7. The summed E-state index contributed by atoms with van der Waals surface area (Å²) in [5.74, 6) is 1.84. The minimum atomic E-state index is -0.237. The van der Waals surface area contributed by atoms with E-state index in [0.29, 0.717) is 17.4 Å². The first-order chi connectivity index (χ1) is 17.2. The Kier molecular flexibility index (Phi) is 5.45. The summed E-state index contributed by atoms with van der Waals surface area (Å²) in [6, 6.07) is 16.6. The Morgan fingerprint density at radius 2 is 1.71 bits per heavy atom. The monoisotopic (exact) mass is 468 g/mol. The fraction of sp³-hybridized carbons (Fsp3) is 0.333. The van der Waals surface area contributed by atoms with E-state index in [4.69, 9.17) is 15.2 Å². The van der Waals surface area contributed by atoms with Crippen LogP contribution >= 0.6 is 0 Å². The lowest BCUT2D eigenvalue weighted by atomic mass is 9.64. The number of aliphatic hydroxyl groups excluding tert-OH is 1. The van der Waals surface area contributed by atoms with Crippen molar-refractivity contribution in [3.63, 3.8) is 0 Å². The second-order valence-corrected chi connectivity index (χ2v) is 9.49. The van der Waals surface area contributed by atoms with Gasteiger partial charge in [0.2, 0.25) is 0 Å². The molecule has 0 bridgehead atoms. The second-order valence-electron chi connectivity index (χ2n) is 9.49. The van der Waals surface area contributed by atoms with E-state index in [1.807, 2.05) is 24.3 Å². The molecule has 2 aliphatic rings. The van der Waals surface area contributed by atoms with Gasteiger partial charge in [-0.05, 0) is 54.5 Å². The second kappa shape index (κ2) is 8.78. The molecule has 2 fully saturated rings. The fourth-order valence-electron chi connectivity index (χ4n) is 5.26. The van der Waals surface area contributed by atoms with Crippen LogP contribution in [0.3, 0.4) is 0 Å². The Morgan fingerprint density at radius 1 is 0.971 bits per heavy atom. The van der Waals surface area contributed by atoms with E-state index in [0.717, 1.165) is 61.3 Å². The highest BCUT2D eigenvalue weighted by molar-refractivity contribution is 5.66. The van der Waals surface area contributed by atoms with E-state index in [2.05, 4.69) is 44.3 Å². The summed E-state index contributed by atoms with van der Waals surface area (Å²) in [4.78, 5) is 16.0. The Hall–Kier alpha value is -3.78. The molecule has 0 unspecified atom stereocenters. The molecule has 1 aliphatic heterocycles. The number of rotatable bonds is 6. The Balaban J connectivity index is 1.24. The molecule has 0 amide bonds. The van der Waals surface area contributed by atoms with E-state index >= 15 is 0 Å². The average molecular weight is 469 g/mol. The highest BCUT2D eigenvalue weighted by Gasteiger charge is 2.44. The molecule has 178 valence electrons. The van der Waals surface area contributed by atoms with E-state index < -0.39 is 0 Å². The first-order valence-electron chi connectivity index (χ1n) is 12.2. The number of hydrogen-bond acceptors (Lipinski definition) is 8. The number of hydrogen-bond donors (Lipinski definition) is 2. The molecule has 2 aromatic heterocycles. The number of aliphatic hydroxyl groups is 1. The van der Waals surface area contributed by atoms with Crippen molar-refractivity contribution in [3.8, 4) is 22.7 Å². The van der Waals surface area contributed by atoms with Crippen molar-refractivity contribution in [1.82, 2.24) is 20.1 Å². The maximum Gasteiger partial charge on any atom is 0.278 e. The van der Waals surface area contributed by atoms with Gasteiger partial charge in [0.15, 0.2) is 5.82 Å². The zero-order valence-corrected chi connectivity index (χ0v) is 19.5. The molecule has 35 heavy (non-hydrogen) atoms. The van der Waals surface area contributed by atoms with Gasteiger partial charge in [0.1, 0.15) is 11.5 Å². The van der Waals surface area contributed by atoms with Gasteiger partial charge in [-0.2, -0.15) is 4.98 Å². The molecule has 0 spiro atoms. The normalized spacial score (nSPS) is 19.0. The number of anilines is 2. The summed E-state index contributed by atoms with van der Waals surface area (Å²) in [5.41, 5.74) is 10.4. The lowest BCUT2D eigenvalue weighted by Crippen LogP contribution is -2.36. The van der Waals surface area contributed by atoms with E-state index in [9.17, 15) is 5.11 Å². The minimum Gasteiger partial charge on any atom is -0.399 e. The predicted octanol–water partition coefficient (Wildman–Crippen LogP) is 4.21. The molecule has 8 heteroatoms. The molecule has 2 aromatic carbocycles. The van der Waals surface area contributed by atoms with Crippen LogP contribution in [-0.2, 0) is 5.41 Å². The largest absolute Gasteiger partial charge is 0.399 e. The van der Waals surface area contributed by atoms with Crippen molar-refractivity contribution in [3.05, 3.63) is 72.3 Å². The van der Waals surface area contributed by atoms with Crippen LogP contribution in [0.2, 0.25) is 0 Å². The van der Waals surface area contributed by atoms with Gasteiger partial charge in [-0.3, -0.25) is 0 Å². The van der Waals surface area contributed by atoms with Crippen LogP contribution in [-0.4, -0.2) is 44.4 Å². The molecule has 3 heterocycles. The summed E-state index contributed by atoms with van der Waals surface area (Å²) in [5, 5.41) is 14.0. The smallest absolute Gasteiger partial charge is 0.278 e. The zero-order chi connectivity index (χ0) is 23.8.